The van der Waals surface area contributed by atoms with Gasteiger partial charge < -0.3 is 50.5 Å². The van der Waals surface area contributed by atoms with Gasteiger partial charge in [-0.15, -0.1) is 0 Å². The lowest BCUT2D eigenvalue weighted by molar-refractivity contribution is -0.303. The third-order valence-electron chi connectivity index (χ3n) is 9.23. The molecule has 0 saturated carbocycles. The van der Waals surface area contributed by atoms with Crippen LogP contribution < -0.4 is 5.32 Å². The number of carbonyl (C=O) groups excluding carboxylic acids is 1. The van der Waals surface area contributed by atoms with Crippen LogP contribution in [0.15, 0.2) is 24.3 Å². The first-order valence-electron chi connectivity index (χ1n) is 19.2. The molecule has 1 amide bonds. The van der Waals surface area contributed by atoms with Gasteiger partial charge >= 0.3 is 0 Å². The molecule has 0 aliphatic carbocycles. The molecule has 9 atom stereocenters. The molecule has 1 rings (SSSR count). The van der Waals surface area contributed by atoms with E-state index in [1.807, 2.05) is 12.2 Å². The molecule has 0 bridgehead atoms. The molecular weight excluding hydrogens is 630 g/mol. The molecule has 0 radical (unpaired) electrons. The summed E-state index contributed by atoms with van der Waals surface area (Å²) in [5, 5.41) is 74.9. The van der Waals surface area contributed by atoms with Crippen LogP contribution in [0.5, 0.6) is 0 Å². The van der Waals surface area contributed by atoms with Crippen molar-refractivity contribution in [3.05, 3.63) is 24.3 Å². The fourth-order valence-electron chi connectivity index (χ4n) is 5.91. The van der Waals surface area contributed by atoms with Gasteiger partial charge in [0.1, 0.15) is 36.6 Å². The van der Waals surface area contributed by atoms with E-state index in [-0.39, 0.29) is 12.8 Å². The van der Waals surface area contributed by atoms with Crippen molar-refractivity contribution >= 4 is 5.91 Å². The molecule has 1 saturated heterocycles. The summed E-state index contributed by atoms with van der Waals surface area (Å²) in [6.07, 6.45) is 17.0. The summed E-state index contributed by atoms with van der Waals surface area (Å²) in [6, 6.07) is -1.19. The summed E-state index contributed by atoms with van der Waals surface area (Å²) in [6.45, 7) is 3.30. The van der Waals surface area contributed by atoms with Gasteiger partial charge in [-0.2, -0.15) is 0 Å². The Hall–Kier alpha value is -1.41. The van der Waals surface area contributed by atoms with Crippen LogP contribution in [-0.2, 0) is 14.3 Å². The Morgan fingerprint density at radius 3 is 1.78 bits per heavy atom. The lowest BCUT2D eigenvalue weighted by atomic mass is 9.99. The van der Waals surface area contributed by atoms with Crippen LogP contribution in [0, 0.1) is 0 Å². The Bertz CT molecular complexity index is 856. The van der Waals surface area contributed by atoms with Gasteiger partial charge in [-0.1, -0.05) is 109 Å². The van der Waals surface area contributed by atoms with Crippen LogP contribution >= 0.6 is 0 Å². The van der Waals surface area contributed by atoms with E-state index in [1.54, 1.807) is 0 Å². The Balaban J connectivity index is 2.61. The van der Waals surface area contributed by atoms with E-state index in [0.29, 0.717) is 12.8 Å². The average molecular weight is 702 g/mol. The molecule has 8 N–H and O–H groups in total. The molecule has 1 aliphatic heterocycles. The molecule has 49 heavy (non-hydrogen) atoms. The highest BCUT2D eigenvalue weighted by atomic mass is 16.7. The average Bonchev–Trinajstić information content (AvgIpc) is 3.10. The number of ether oxygens (including phenoxy) is 2. The number of carbonyl (C=O) groups is 1. The highest BCUT2D eigenvalue weighted by molar-refractivity contribution is 5.80. The summed E-state index contributed by atoms with van der Waals surface area (Å²) in [5.41, 5.74) is 0. The number of hydrogen-bond acceptors (Lipinski definition) is 10. The zero-order chi connectivity index (χ0) is 36.3. The molecule has 0 aromatic heterocycles. The minimum atomic E-state index is -1.67. The van der Waals surface area contributed by atoms with E-state index in [1.165, 1.54) is 70.6 Å². The lowest BCUT2D eigenvalue weighted by Crippen LogP contribution is -2.60. The molecular formula is C38H71NO10. The van der Waals surface area contributed by atoms with Crippen LogP contribution in [0.2, 0.25) is 0 Å². The highest BCUT2D eigenvalue weighted by Crippen LogP contribution is 2.23. The van der Waals surface area contributed by atoms with Gasteiger partial charge in [0.25, 0.3) is 0 Å². The molecule has 288 valence electrons. The predicted molar refractivity (Wildman–Crippen MR) is 192 cm³/mol. The number of hydrogen-bond donors (Lipinski definition) is 8. The molecule has 11 nitrogen and oxygen atoms in total. The molecule has 1 fully saturated rings. The Kier molecular flexibility index (Phi) is 27.2. The van der Waals surface area contributed by atoms with Gasteiger partial charge in [-0.25, -0.2) is 0 Å². The topological polar surface area (TPSA) is 189 Å². The predicted octanol–water partition coefficient (Wildman–Crippen LogP) is 4.32. The zero-order valence-corrected chi connectivity index (χ0v) is 30.4. The quantitative estimate of drug-likeness (QED) is 0.0396. The van der Waals surface area contributed by atoms with Gasteiger partial charge in [-0.05, 0) is 57.8 Å². The number of nitrogens with one attached hydrogen (secondary N) is 1. The van der Waals surface area contributed by atoms with Crippen LogP contribution in [0.1, 0.15) is 142 Å². The summed E-state index contributed by atoms with van der Waals surface area (Å²) in [7, 11) is 0. The van der Waals surface area contributed by atoms with Crippen molar-refractivity contribution < 1.29 is 50.0 Å². The van der Waals surface area contributed by atoms with Gasteiger partial charge in [0.05, 0.1) is 25.4 Å². The van der Waals surface area contributed by atoms with Crippen LogP contribution in [0.4, 0.5) is 0 Å². The van der Waals surface area contributed by atoms with Gasteiger partial charge in [-0.3, -0.25) is 4.79 Å². The van der Waals surface area contributed by atoms with Crippen LogP contribution in [0.3, 0.4) is 0 Å². The summed E-state index contributed by atoms with van der Waals surface area (Å²) < 4.78 is 11.0. The Morgan fingerprint density at radius 1 is 0.694 bits per heavy atom. The Morgan fingerprint density at radius 2 is 1.20 bits per heavy atom. The standard InChI is InChI=1S/C38H71NO10/c1-3-5-7-9-11-13-14-15-16-17-18-20-21-23-25-30(41)33(43)29(28-48-38-36(46)35(45)34(44)32(27-40)49-38)39-37(47)31(42)26-24-22-19-12-10-8-6-4-2/h18-20,22,29-36,38,40-46H,3-17,21,23-28H2,1-2H3,(H,39,47)/b20-18+,22-19-. The second-order valence-corrected chi connectivity index (χ2v) is 13.6. The third kappa shape index (κ3) is 20.3. The Labute approximate surface area is 295 Å². The number of aliphatic hydroxyl groups excluding tert-OH is 7. The van der Waals surface area contributed by atoms with E-state index in [4.69, 9.17) is 9.47 Å². The van der Waals surface area contributed by atoms with Crippen molar-refractivity contribution in [2.24, 2.45) is 0 Å². The fraction of sp³-hybridized carbons (Fsp3) is 0.868. The molecule has 9 unspecified atom stereocenters. The molecule has 0 aromatic rings. The smallest absolute Gasteiger partial charge is 0.249 e. The number of rotatable bonds is 30. The normalized spacial score (nSPS) is 24.0. The van der Waals surface area contributed by atoms with Crippen molar-refractivity contribution in [1.82, 2.24) is 5.32 Å². The molecule has 0 spiro atoms. The van der Waals surface area contributed by atoms with E-state index >= 15 is 0 Å². The summed E-state index contributed by atoms with van der Waals surface area (Å²) >= 11 is 0. The SMILES string of the molecule is CCCCCC/C=C\CCC(O)C(=O)NC(COC1OC(CO)C(O)C(O)C1O)C(O)C(O)CCC/C=C/CCCCCCCCCCC. The molecule has 1 heterocycles. The highest BCUT2D eigenvalue weighted by Gasteiger charge is 2.44. The zero-order valence-electron chi connectivity index (χ0n) is 30.4. The van der Waals surface area contributed by atoms with Crippen molar-refractivity contribution in [2.75, 3.05) is 13.2 Å². The molecule has 1 aliphatic rings. The number of unbranched alkanes of at least 4 members (excludes halogenated alkanes) is 14. The summed E-state index contributed by atoms with van der Waals surface area (Å²) in [5.74, 6) is -0.746. The van der Waals surface area contributed by atoms with Crippen LogP contribution in [-0.4, -0.2) is 110 Å². The summed E-state index contributed by atoms with van der Waals surface area (Å²) in [4.78, 5) is 12.9. The first-order valence-corrected chi connectivity index (χ1v) is 19.2. The lowest BCUT2D eigenvalue weighted by Gasteiger charge is -2.40. The number of allylic oxidation sites excluding steroid dienone is 4. The van der Waals surface area contributed by atoms with Crippen molar-refractivity contribution in [3.8, 4) is 0 Å². The van der Waals surface area contributed by atoms with E-state index < -0.39 is 74.2 Å². The second kappa shape index (κ2) is 29.2. The maximum absolute atomic E-state index is 12.9. The third-order valence-corrected chi connectivity index (χ3v) is 9.23. The minimum Gasteiger partial charge on any atom is -0.394 e. The minimum absolute atomic E-state index is 0.168. The maximum Gasteiger partial charge on any atom is 0.249 e. The second-order valence-electron chi connectivity index (χ2n) is 13.6. The van der Waals surface area contributed by atoms with Crippen molar-refractivity contribution in [1.29, 1.82) is 0 Å². The largest absolute Gasteiger partial charge is 0.394 e. The molecule has 11 heteroatoms. The van der Waals surface area contributed by atoms with Gasteiger partial charge in [0.2, 0.25) is 5.91 Å². The van der Waals surface area contributed by atoms with Crippen molar-refractivity contribution in [3.63, 3.8) is 0 Å². The van der Waals surface area contributed by atoms with Gasteiger partial charge in [0, 0.05) is 0 Å². The van der Waals surface area contributed by atoms with E-state index in [0.717, 1.165) is 32.1 Å². The monoisotopic (exact) mass is 702 g/mol. The fourth-order valence-corrected chi connectivity index (χ4v) is 5.91. The van der Waals surface area contributed by atoms with E-state index in [9.17, 15) is 40.5 Å². The number of amides is 1. The van der Waals surface area contributed by atoms with Gasteiger partial charge in [0.15, 0.2) is 6.29 Å². The molecule has 0 aromatic carbocycles. The van der Waals surface area contributed by atoms with Crippen molar-refractivity contribution in [2.45, 2.75) is 197 Å². The number of aliphatic hydroxyl groups is 7. The first kappa shape index (κ1) is 45.6. The maximum atomic E-state index is 12.9. The first-order chi connectivity index (χ1) is 23.7. The van der Waals surface area contributed by atoms with Crippen LogP contribution in [0.25, 0.3) is 0 Å². The van der Waals surface area contributed by atoms with E-state index in [2.05, 4.69) is 31.3 Å².